The standard InChI is InChI=1S/C20H24N2O3S/c1-16-8-6-7-15-22(16)20(23)17-11-13-19(14-12-17)26(24,25)21(2)18-9-4-3-5-10-18/h3-5,9-14,16H,6-8,15H2,1-2H3/t16-/m1/s1. The maximum Gasteiger partial charge on any atom is 0.264 e. The van der Waals surface area contributed by atoms with Crippen LogP contribution in [0.15, 0.2) is 59.5 Å². The number of anilines is 1. The Balaban J connectivity index is 1.81. The largest absolute Gasteiger partial charge is 0.336 e. The zero-order valence-electron chi connectivity index (χ0n) is 15.1. The summed E-state index contributed by atoms with van der Waals surface area (Å²) < 4.78 is 26.8. The summed E-state index contributed by atoms with van der Waals surface area (Å²) >= 11 is 0. The van der Waals surface area contributed by atoms with Crippen LogP contribution in [0.3, 0.4) is 0 Å². The molecular weight excluding hydrogens is 348 g/mol. The van der Waals surface area contributed by atoms with Gasteiger partial charge in [0.25, 0.3) is 15.9 Å². The SMILES string of the molecule is C[C@@H]1CCCCN1C(=O)c1ccc(S(=O)(=O)N(C)c2ccccc2)cc1. The van der Waals surface area contributed by atoms with Crippen molar-refractivity contribution in [2.45, 2.75) is 37.1 Å². The number of likely N-dealkylation sites (tertiary alicyclic amines) is 1. The van der Waals surface area contributed by atoms with Crippen LogP contribution in [0, 0.1) is 0 Å². The van der Waals surface area contributed by atoms with E-state index in [-0.39, 0.29) is 16.8 Å². The van der Waals surface area contributed by atoms with Gasteiger partial charge in [-0.1, -0.05) is 18.2 Å². The number of nitrogens with zero attached hydrogens (tertiary/aromatic N) is 2. The molecular formula is C20H24N2O3S. The second kappa shape index (κ2) is 7.50. The first-order valence-electron chi connectivity index (χ1n) is 8.86. The lowest BCUT2D eigenvalue weighted by Crippen LogP contribution is -2.42. The molecule has 0 aromatic heterocycles. The number of hydrogen-bond acceptors (Lipinski definition) is 3. The van der Waals surface area contributed by atoms with Gasteiger partial charge < -0.3 is 4.90 Å². The Bertz CT molecular complexity index is 864. The van der Waals surface area contributed by atoms with Crippen LogP contribution in [0.1, 0.15) is 36.5 Å². The third-order valence-corrected chi connectivity index (χ3v) is 6.74. The summed E-state index contributed by atoms with van der Waals surface area (Å²) in [5.41, 5.74) is 1.12. The van der Waals surface area contributed by atoms with Crippen LogP contribution in [0.2, 0.25) is 0 Å². The van der Waals surface area contributed by atoms with E-state index in [9.17, 15) is 13.2 Å². The van der Waals surface area contributed by atoms with Crippen LogP contribution in [0.4, 0.5) is 5.69 Å². The fraction of sp³-hybridized carbons (Fsp3) is 0.350. The molecule has 2 aromatic rings. The number of rotatable bonds is 4. The molecule has 0 unspecified atom stereocenters. The fourth-order valence-electron chi connectivity index (χ4n) is 3.27. The lowest BCUT2D eigenvalue weighted by Gasteiger charge is -2.33. The molecule has 1 amide bonds. The van der Waals surface area contributed by atoms with E-state index in [1.165, 1.54) is 23.5 Å². The van der Waals surface area contributed by atoms with Gasteiger partial charge in [0.05, 0.1) is 10.6 Å². The van der Waals surface area contributed by atoms with Crippen molar-refractivity contribution in [1.29, 1.82) is 0 Å². The smallest absolute Gasteiger partial charge is 0.264 e. The van der Waals surface area contributed by atoms with E-state index in [0.29, 0.717) is 11.3 Å². The van der Waals surface area contributed by atoms with Crippen molar-refractivity contribution in [3.8, 4) is 0 Å². The van der Waals surface area contributed by atoms with Gasteiger partial charge in [-0.05, 0) is 62.6 Å². The fourth-order valence-corrected chi connectivity index (χ4v) is 4.47. The zero-order valence-corrected chi connectivity index (χ0v) is 15.9. The van der Waals surface area contributed by atoms with E-state index < -0.39 is 10.0 Å². The molecule has 0 bridgehead atoms. The number of piperidine rings is 1. The molecule has 1 fully saturated rings. The number of sulfonamides is 1. The van der Waals surface area contributed by atoms with Crippen LogP contribution in [-0.2, 0) is 10.0 Å². The summed E-state index contributed by atoms with van der Waals surface area (Å²) in [5, 5.41) is 0. The predicted molar refractivity (Wildman–Crippen MR) is 103 cm³/mol. The normalized spacial score (nSPS) is 17.8. The number of carbonyl (C=O) groups excluding carboxylic acids is 1. The minimum atomic E-state index is -3.66. The van der Waals surface area contributed by atoms with Crippen LogP contribution >= 0.6 is 0 Å². The molecule has 0 saturated carbocycles. The topological polar surface area (TPSA) is 57.7 Å². The molecule has 138 valence electrons. The first kappa shape index (κ1) is 18.5. The summed E-state index contributed by atoms with van der Waals surface area (Å²) in [5.74, 6) is -0.0300. The van der Waals surface area contributed by atoms with Crippen LogP contribution < -0.4 is 4.31 Å². The highest BCUT2D eigenvalue weighted by molar-refractivity contribution is 7.92. The maximum absolute atomic E-state index is 12.8. The van der Waals surface area contributed by atoms with Crippen molar-refractivity contribution < 1.29 is 13.2 Å². The number of amides is 1. The second-order valence-corrected chi connectivity index (χ2v) is 8.65. The summed E-state index contributed by atoms with van der Waals surface area (Å²) in [6.45, 7) is 2.82. The predicted octanol–water partition coefficient (Wildman–Crippen LogP) is 3.53. The van der Waals surface area contributed by atoms with E-state index in [2.05, 4.69) is 6.92 Å². The molecule has 6 heteroatoms. The van der Waals surface area contributed by atoms with Gasteiger partial charge in [0.2, 0.25) is 0 Å². The maximum atomic E-state index is 12.8. The number of carbonyl (C=O) groups is 1. The molecule has 0 aliphatic carbocycles. The van der Waals surface area contributed by atoms with E-state index in [1.807, 2.05) is 11.0 Å². The molecule has 3 rings (SSSR count). The summed E-state index contributed by atoms with van der Waals surface area (Å²) in [6, 6.07) is 15.4. The molecule has 1 aliphatic heterocycles. The van der Waals surface area contributed by atoms with E-state index in [1.54, 1.807) is 36.4 Å². The van der Waals surface area contributed by atoms with Crippen molar-refractivity contribution >= 4 is 21.6 Å². The summed E-state index contributed by atoms with van der Waals surface area (Å²) in [6.07, 6.45) is 3.18. The molecule has 1 aliphatic rings. The van der Waals surface area contributed by atoms with Crippen LogP contribution in [0.5, 0.6) is 0 Å². The Morgan fingerprint density at radius 2 is 1.69 bits per heavy atom. The van der Waals surface area contributed by atoms with Gasteiger partial charge in [-0.15, -0.1) is 0 Å². The van der Waals surface area contributed by atoms with Gasteiger partial charge in [0.15, 0.2) is 0 Å². The van der Waals surface area contributed by atoms with E-state index >= 15 is 0 Å². The molecule has 0 spiro atoms. The van der Waals surface area contributed by atoms with Crippen molar-refractivity contribution in [2.75, 3.05) is 17.9 Å². The molecule has 1 heterocycles. The molecule has 0 radical (unpaired) electrons. The molecule has 2 aromatic carbocycles. The van der Waals surface area contributed by atoms with Gasteiger partial charge in [-0.3, -0.25) is 9.10 Å². The highest BCUT2D eigenvalue weighted by Gasteiger charge is 2.25. The monoisotopic (exact) mass is 372 g/mol. The van der Waals surface area contributed by atoms with Crippen molar-refractivity contribution in [3.63, 3.8) is 0 Å². The number of hydrogen-bond donors (Lipinski definition) is 0. The Morgan fingerprint density at radius 1 is 1.04 bits per heavy atom. The van der Waals surface area contributed by atoms with Gasteiger partial charge in [0.1, 0.15) is 0 Å². The van der Waals surface area contributed by atoms with Gasteiger partial charge >= 0.3 is 0 Å². The Kier molecular flexibility index (Phi) is 5.32. The van der Waals surface area contributed by atoms with E-state index in [4.69, 9.17) is 0 Å². The first-order valence-corrected chi connectivity index (χ1v) is 10.3. The van der Waals surface area contributed by atoms with Gasteiger partial charge in [0, 0.05) is 25.2 Å². The minimum Gasteiger partial charge on any atom is -0.336 e. The number of para-hydroxylation sites is 1. The molecule has 0 N–H and O–H groups in total. The summed E-state index contributed by atoms with van der Waals surface area (Å²) in [7, 11) is -2.13. The van der Waals surface area contributed by atoms with Gasteiger partial charge in [-0.25, -0.2) is 8.42 Å². The second-order valence-electron chi connectivity index (χ2n) is 6.68. The van der Waals surface area contributed by atoms with Crippen molar-refractivity contribution in [3.05, 3.63) is 60.2 Å². The lowest BCUT2D eigenvalue weighted by atomic mass is 10.0. The van der Waals surface area contributed by atoms with Crippen LogP contribution in [0.25, 0.3) is 0 Å². The van der Waals surface area contributed by atoms with E-state index in [0.717, 1.165) is 25.8 Å². The summed E-state index contributed by atoms with van der Waals surface area (Å²) in [4.78, 5) is 14.7. The molecule has 26 heavy (non-hydrogen) atoms. The van der Waals surface area contributed by atoms with Crippen molar-refractivity contribution in [1.82, 2.24) is 4.90 Å². The molecule has 1 atom stereocenters. The van der Waals surface area contributed by atoms with Gasteiger partial charge in [-0.2, -0.15) is 0 Å². The third-order valence-electron chi connectivity index (χ3n) is 4.94. The minimum absolute atomic E-state index is 0.0300. The molecule has 5 nitrogen and oxygen atoms in total. The van der Waals surface area contributed by atoms with Crippen molar-refractivity contribution in [2.24, 2.45) is 0 Å². The average molecular weight is 372 g/mol. The Labute approximate surface area is 155 Å². The third kappa shape index (κ3) is 3.60. The lowest BCUT2D eigenvalue weighted by molar-refractivity contribution is 0.0635. The average Bonchev–Trinajstić information content (AvgIpc) is 2.68. The molecule has 1 saturated heterocycles. The number of benzene rings is 2. The Morgan fingerprint density at radius 3 is 2.31 bits per heavy atom. The zero-order chi connectivity index (χ0) is 18.7. The highest BCUT2D eigenvalue weighted by atomic mass is 32.2. The first-order chi connectivity index (χ1) is 12.4. The quantitative estimate of drug-likeness (QED) is 0.825. The van der Waals surface area contributed by atoms with Crippen LogP contribution in [-0.4, -0.2) is 38.9 Å². The highest BCUT2D eigenvalue weighted by Crippen LogP contribution is 2.23. The Hall–Kier alpha value is -2.34.